The first-order valence-electron chi connectivity index (χ1n) is 14.3. The number of unbranched alkanes of at least 4 members (excludes halogenated alkanes) is 3. The number of hydrogen-bond donors (Lipinski definition) is 2. The molecule has 0 fully saturated rings. The van der Waals surface area contributed by atoms with Crippen molar-refractivity contribution in [3.05, 3.63) is 94.5 Å². The van der Waals surface area contributed by atoms with Crippen LogP contribution in [0.15, 0.2) is 66.7 Å². The van der Waals surface area contributed by atoms with E-state index in [0.29, 0.717) is 17.9 Å². The van der Waals surface area contributed by atoms with E-state index < -0.39 is 11.7 Å². The normalized spacial score (nSPS) is 11.5. The van der Waals surface area contributed by atoms with Gasteiger partial charge >= 0.3 is 6.18 Å². The molecular weight excluding hydrogens is 513 g/mol. The average Bonchev–Trinajstić information content (AvgIpc) is 2.96. The van der Waals surface area contributed by atoms with Crippen LogP contribution in [0.3, 0.4) is 0 Å². The third-order valence-corrected chi connectivity index (χ3v) is 7.17. The van der Waals surface area contributed by atoms with Gasteiger partial charge in [0.2, 0.25) is 0 Å². The van der Waals surface area contributed by atoms with Crippen molar-refractivity contribution in [2.45, 2.75) is 57.5 Å². The number of benzene rings is 3. The first kappa shape index (κ1) is 31.5. The highest BCUT2D eigenvalue weighted by molar-refractivity contribution is 5.51. The molecule has 0 spiro atoms. The summed E-state index contributed by atoms with van der Waals surface area (Å²) in [5, 5.41) is 7.05. The molecule has 2 N–H and O–H groups in total. The molecule has 0 bridgehead atoms. The third-order valence-electron chi connectivity index (χ3n) is 7.17. The SMILES string of the molecule is COc1ccc(CCNCCCCCCNCCc2ccccc2)c(CCc2ccccc2C(F)(F)F)c1OC. The second kappa shape index (κ2) is 16.9. The van der Waals surface area contributed by atoms with Gasteiger partial charge in [-0.25, -0.2) is 0 Å². The summed E-state index contributed by atoms with van der Waals surface area (Å²) < 4.78 is 51.6. The summed E-state index contributed by atoms with van der Waals surface area (Å²) in [5.41, 5.74) is 3.04. The van der Waals surface area contributed by atoms with Crippen molar-refractivity contribution in [2.75, 3.05) is 40.4 Å². The molecule has 0 unspecified atom stereocenters. The highest BCUT2D eigenvalue weighted by Gasteiger charge is 2.32. The van der Waals surface area contributed by atoms with Gasteiger partial charge in [0.1, 0.15) is 0 Å². The van der Waals surface area contributed by atoms with Crippen LogP contribution in [0.2, 0.25) is 0 Å². The minimum atomic E-state index is -4.37. The number of rotatable bonds is 18. The zero-order chi connectivity index (χ0) is 28.6. The number of halogens is 3. The molecule has 0 saturated heterocycles. The first-order chi connectivity index (χ1) is 19.4. The van der Waals surface area contributed by atoms with Crippen LogP contribution < -0.4 is 20.1 Å². The van der Waals surface area contributed by atoms with E-state index in [1.165, 1.54) is 30.9 Å². The third kappa shape index (κ3) is 10.2. The van der Waals surface area contributed by atoms with Crippen LogP contribution in [0.5, 0.6) is 11.5 Å². The summed E-state index contributed by atoms with van der Waals surface area (Å²) >= 11 is 0. The number of ether oxygens (including phenoxy) is 2. The van der Waals surface area contributed by atoms with Crippen molar-refractivity contribution in [3.63, 3.8) is 0 Å². The molecule has 0 aliphatic rings. The standard InChI is InChI=1S/C33H43F3N2O2/c1-39-31-19-17-27(29(32(31)40-2)18-16-28-14-8-9-15-30(28)33(34,35)36)21-25-38-23-11-4-3-10-22-37-24-20-26-12-6-5-7-13-26/h5-9,12-15,17,19,37-38H,3-4,10-11,16,18,20-25H2,1-2H3. The summed E-state index contributed by atoms with van der Waals surface area (Å²) in [6.45, 7) is 3.81. The topological polar surface area (TPSA) is 42.5 Å². The van der Waals surface area contributed by atoms with Gasteiger partial charge in [0, 0.05) is 5.56 Å². The number of methoxy groups -OCH3 is 2. The van der Waals surface area contributed by atoms with Gasteiger partial charge in [0.05, 0.1) is 19.8 Å². The first-order valence-corrected chi connectivity index (χ1v) is 14.3. The van der Waals surface area contributed by atoms with Crippen molar-refractivity contribution in [1.29, 1.82) is 0 Å². The van der Waals surface area contributed by atoms with E-state index in [0.717, 1.165) is 62.6 Å². The van der Waals surface area contributed by atoms with Gasteiger partial charge < -0.3 is 20.1 Å². The summed E-state index contributed by atoms with van der Waals surface area (Å²) in [6.07, 6.45) is 2.85. The smallest absolute Gasteiger partial charge is 0.416 e. The van der Waals surface area contributed by atoms with Gasteiger partial charge in [-0.1, -0.05) is 67.4 Å². The Labute approximate surface area is 237 Å². The maximum atomic E-state index is 13.5. The predicted octanol–water partition coefficient (Wildman–Crippen LogP) is 7.03. The molecule has 3 rings (SSSR count). The molecule has 0 aliphatic heterocycles. The Kier molecular flexibility index (Phi) is 13.3. The zero-order valence-corrected chi connectivity index (χ0v) is 23.8. The molecule has 0 atom stereocenters. The molecule has 3 aromatic rings. The Morgan fingerprint density at radius 1 is 0.600 bits per heavy atom. The largest absolute Gasteiger partial charge is 0.493 e. The lowest BCUT2D eigenvalue weighted by molar-refractivity contribution is -0.138. The number of aryl methyl sites for hydroxylation is 1. The molecule has 40 heavy (non-hydrogen) atoms. The Hall–Kier alpha value is -3.03. The fourth-order valence-corrected chi connectivity index (χ4v) is 5.02. The molecule has 0 amide bonds. The van der Waals surface area contributed by atoms with E-state index >= 15 is 0 Å². The van der Waals surface area contributed by atoms with E-state index in [-0.39, 0.29) is 12.0 Å². The highest BCUT2D eigenvalue weighted by Crippen LogP contribution is 2.36. The average molecular weight is 557 g/mol. The molecular formula is C33H43F3N2O2. The lowest BCUT2D eigenvalue weighted by Gasteiger charge is -2.18. The summed E-state index contributed by atoms with van der Waals surface area (Å²) in [5.74, 6) is 1.19. The Morgan fingerprint density at radius 3 is 1.90 bits per heavy atom. The van der Waals surface area contributed by atoms with Crippen molar-refractivity contribution >= 4 is 0 Å². The van der Waals surface area contributed by atoms with Crippen LogP contribution in [0.25, 0.3) is 0 Å². The maximum absolute atomic E-state index is 13.5. The van der Waals surface area contributed by atoms with E-state index in [2.05, 4.69) is 34.9 Å². The van der Waals surface area contributed by atoms with Gasteiger partial charge in [0.25, 0.3) is 0 Å². The number of hydrogen-bond acceptors (Lipinski definition) is 4. The second-order valence-electron chi connectivity index (χ2n) is 9.99. The van der Waals surface area contributed by atoms with Crippen molar-refractivity contribution in [3.8, 4) is 11.5 Å². The summed E-state index contributed by atoms with van der Waals surface area (Å²) in [6, 6.07) is 20.2. The van der Waals surface area contributed by atoms with Gasteiger partial charge in [0.15, 0.2) is 11.5 Å². The molecule has 0 aliphatic carbocycles. The minimum absolute atomic E-state index is 0.265. The fraction of sp³-hybridized carbons (Fsp3) is 0.455. The van der Waals surface area contributed by atoms with E-state index in [1.807, 2.05) is 18.2 Å². The lowest BCUT2D eigenvalue weighted by Crippen LogP contribution is -2.20. The second-order valence-corrected chi connectivity index (χ2v) is 9.99. The number of alkyl halides is 3. The van der Waals surface area contributed by atoms with Gasteiger partial charge in [-0.2, -0.15) is 13.2 Å². The Morgan fingerprint density at radius 2 is 1.25 bits per heavy atom. The van der Waals surface area contributed by atoms with Crippen LogP contribution in [0.1, 0.15) is 53.5 Å². The minimum Gasteiger partial charge on any atom is -0.493 e. The van der Waals surface area contributed by atoms with Crippen LogP contribution in [0, 0.1) is 0 Å². The molecule has 0 radical (unpaired) electrons. The highest BCUT2D eigenvalue weighted by atomic mass is 19.4. The Balaban J connectivity index is 1.40. The molecule has 7 heteroatoms. The molecule has 3 aromatic carbocycles. The summed E-state index contributed by atoms with van der Waals surface area (Å²) in [4.78, 5) is 0. The van der Waals surface area contributed by atoms with Crippen molar-refractivity contribution in [1.82, 2.24) is 10.6 Å². The van der Waals surface area contributed by atoms with Crippen LogP contribution in [-0.4, -0.2) is 40.4 Å². The van der Waals surface area contributed by atoms with Crippen molar-refractivity contribution in [2.24, 2.45) is 0 Å². The van der Waals surface area contributed by atoms with Crippen LogP contribution >= 0.6 is 0 Å². The maximum Gasteiger partial charge on any atom is 0.416 e. The molecule has 4 nitrogen and oxygen atoms in total. The molecule has 218 valence electrons. The zero-order valence-electron chi connectivity index (χ0n) is 23.8. The van der Waals surface area contributed by atoms with Gasteiger partial charge in [-0.15, -0.1) is 0 Å². The van der Waals surface area contributed by atoms with E-state index in [4.69, 9.17) is 9.47 Å². The summed E-state index contributed by atoms with van der Waals surface area (Å²) in [7, 11) is 3.15. The number of nitrogens with one attached hydrogen (secondary N) is 2. The van der Waals surface area contributed by atoms with Crippen molar-refractivity contribution < 1.29 is 22.6 Å². The molecule has 0 saturated carbocycles. The Bertz CT molecular complexity index is 1140. The van der Waals surface area contributed by atoms with Crippen LogP contribution in [0.4, 0.5) is 13.2 Å². The molecule has 0 heterocycles. The lowest BCUT2D eigenvalue weighted by atomic mass is 9.94. The van der Waals surface area contributed by atoms with Gasteiger partial charge in [-0.05, 0) is 93.5 Å². The molecule has 0 aromatic heterocycles. The van der Waals surface area contributed by atoms with Crippen LogP contribution in [-0.2, 0) is 31.9 Å². The monoisotopic (exact) mass is 556 g/mol. The van der Waals surface area contributed by atoms with E-state index in [9.17, 15) is 13.2 Å². The van der Waals surface area contributed by atoms with Gasteiger partial charge in [-0.3, -0.25) is 0 Å². The fourth-order valence-electron chi connectivity index (χ4n) is 5.02. The quantitative estimate of drug-likeness (QED) is 0.165. The van der Waals surface area contributed by atoms with E-state index in [1.54, 1.807) is 26.4 Å². The predicted molar refractivity (Wildman–Crippen MR) is 156 cm³/mol.